The predicted molar refractivity (Wildman–Crippen MR) is 80.3 cm³/mol. The summed E-state index contributed by atoms with van der Waals surface area (Å²) < 4.78 is 6.31. The van der Waals surface area contributed by atoms with Crippen LogP contribution >= 0.6 is 0 Å². The number of ether oxygens (including phenoxy) is 1. The van der Waals surface area contributed by atoms with Gasteiger partial charge < -0.3 is 0 Å². The first-order chi connectivity index (χ1) is 9.10. The molecule has 4 nitrogen and oxygen atoms in total. The Hall–Kier alpha value is -1.05. The van der Waals surface area contributed by atoms with Gasteiger partial charge in [0.05, 0.1) is 0 Å². The monoisotopic (exact) mass is 393 g/mol. The standard InChI is InChI=1S/C15H21NO3Te/c1-14(2,3)19-13(18)16-15(4,5)12(17)20-11-9-7-6-8-10-11/h6-10H,1-5H3,(H,16,18). The quantitative estimate of drug-likeness (QED) is 0.798. The molecule has 0 unspecified atom stereocenters. The van der Waals surface area contributed by atoms with E-state index in [1.165, 1.54) is 0 Å². The van der Waals surface area contributed by atoms with Gasteiger partial charge in [-0.05, 0) is 0 Å². The van der Waals surface area contributed by atoms with Crippen molar-refractivity contribution in [2.45, 2.75) is 45.8 Å². The van der Waals surface area contributed by atoms with Crippen molar-refractivity contribution in [3.8, 4) is 0 Å². The summed E-state index contributed by atoms with van der Waals surface area (Å²) in [5, 5.41) is 2.65. The maximum atomic E-state index is 12.3. The summed E-state index contributed by atoms with van der Waals surface area (Å²) in [5.74, 6) is 0. The minimum atomic E-state index is -0.998. The zero-order valence-corrected chi connectivity index (χ0v) is 14.9. The molecule has 5 heteroatoms. The molecular formula is C15H21NO3Te. The first-order valence-electron chi connectivity index (χ1n) is 6.39. The van der Waals surface area contributed by atoms with Crippen LogP contribution in [0.1, 0.15) is 34.6 Å². The van der Waals surface area contributed by atoms with E-state index in [4.69, 9.17) is 4.74 Å². The molecule has 1 amide bonds. The van der Waals surface area contributed by atoms with Crippen LogP contribution in [0.5, 0.6) is 0 Å². The molecule has 1 aromatic rings. The molecule has 0 saturated carbocycles. The Morgan fingerprint density at radius 3 is 2.10 bits per heavy atom. The number of benzene rings is 1. The van der Waals surface area contributed by atoms with Gasteiger partial charge in [-0.3, -0.25) is 0 Å². The molecule has 0 aromatic heterocycles. The van der Waals surface area contributed by atoms with Crippen LogP contribution in [0.4, 0.5) is 4.79 Å². The number of amides is 1. The van der Waals surface area contributed by atoms with Crippen molar-refractivity contribution in [3.05, 3.63) is 30.3 Å². The van der Waals surface area contributed by atoms with E-state index in [2.05, 4.69) is 5.32 Å². The molecule has 110 valence electrons. The Labute approximate surface area is 130 Å². The van der Waals surface area contributed by atoms with Crippen molar-refractivity contribution in [3.63, 3.8) is 0 Å². The van der Waals surface area contributed by atoms with Gasteiger partial charge in [0.2, 0.25) is 0 Å². The third kappa shape index (κ3) is 5.94. The Kier molecular flexibility index (Phi) is 5.61. The summed E-state index contributed by atoms with van der Waals surface area (Å²) in [6.07, 6.45) is -0.559. The number of carbonyl (C=O) groups is 2. The Morgan fingerprint density at radius 2 is 1.60 bits per heavy atom. The fraction of sp³-hybridized carbons (Fsp3) is 0.467. The second-order valence-corrected chi connectivity index (χ2v) is 8.94. The molecule has 0 radical (unpaired) electrons. The number of rotatable bonds is 4. The van der Waals surface area contributed by atoms with Crippen molar-refractivity contribution in [2.24, 2.45) is 0 Å². The van der Waals surface area contributed by atoms with Gasteiger partial charge in [-0.1, -0.05) is 0 Å². The number of alkyl carbamates (subject to hydrolysis) is 1. The summed E-state index contributed by atoms with van der Waals surface area (Å²) >= 11 is -0.998. The number of nitrogens with one attached hydrogen (secondary N) is 1. The van der Waals surface area contributed by atoms with E-state index in [0.717, 1.165) is 3.61 Å². The molecule has 0 saturated heterocycles. The second-order valence-electron chi connectivity index (χ2n) is 5.95. The van der Waals surface area contributed by atoms with Gasteiger partial charge in [0.25, 0.3) is 0 Å². The second kappa shape index (κ2) is 6.60. The van der Waals surface area contributed by atoms with Crippen LogP contribution in [0, 0.1) is 0 Å². The summed E-state index contributed by atoms with van der Waals surface area (Å²) in [6, 6.07) is 9.65. The van der Waals surface area contributed by atoms with Crippen molar-refractivity contribution < 1.29 is 14.3 Å². The molecular weight excluding hydrogens is 370 g/mol. The van der Waals surface area contributed by atoms with Crippen LogP contribution in [0.2, 0.25) is 0 Å². The van der Waals surface area contributed by atoms with Gasteiger partial charge in [0.15, 0.2) is 0 Å². The van der Waals surface area contributed by atoms with E-state index >= 15 is 0 Å². The average Bonchev–Trinajstić information content (AvgIpc) is 2.26. The molecule has 0 atom stereocenters. The molecule has 0 fully saturated rings. The summed E-state index contributed by atoms with van der Waals surface area (Å²) in [7, 11) is 0. The summed E-state index contributed by atoms with van der Waals surface area (Å²) in [5.41, 5.74) is -1.47. The fourth-order valence-corrected chi connectivity index (χ4v) is 3.65. The van der Waals surface area contributed by atoms with Crippen molar-refractivity contribution in [1.82, 2.24) is 5.32 Å². The average molecular weight is 391 g/mol. The molecule has 1 rings (SSSR count). The number of hydrogen-bond donors (Lipinski definition) is 1. The van der Waals surface area contributed by atoms with E-state index < -0.39 is 38.2 Å². The number of hydrogen-bond acceptors (Lipinski definition) is 3. The molecule has 1 aromatic carbocycles. The first-order valence-corrected chi connectivity index (χ1v) is 8.72. The van der Waals surface area contributed by atoms with E-state index in [1.807, 2.05) is 30.3 Å². The topological polar surface area (TPSA) is 55.4 Å². The molecule has 1 N–H and O–H groups in total. The molecule has 20 heavy (non-hydrogen) atoms. The van der Waals surface area contributed by atoms with Crippen LogP contribution < -0.4 is 8.93 Å². The van der Waals surface area contributed by atoms with Crippen LogP contribution in [-0.4, -0.2) is 42.0 Å². The summed E-state index contributed by atoms with van der Waals surface area (Å²) in [4.78, 5) is 24.1. The van der Waals surface area contributed by atoms with Gasteiger partial charge >= 0.3 is 130 Å². The normalized spacial score (nSPS) is 11.8. The van der Waals surface area contributed by atoms with Gasteiger partial charge in [-0.15, -0.1) is 0 Å². The van der Waals surface area contributed by atoms with Crippen LogP contribution in [0.25, 0.3) is 0 Å². The molecule has 0 aliphatic carbocycles. The maximum absolute atomic E-state index is 12.3. The minimum absolute atomic E-state index is 0.0694. The molecule has 0 heterocycles. The number of carbonyl (C=O) groups excluding carboxylic acids is 2. The van der Waals surface area contributed by atoms with Crippen LogP contribution in [0.3, 0.4) is 0 Å². The fourth-order valence-electron chi connectivity index (χ4n) is 1.33. The molecule has 0 spiro atoms. The first kappa shape index (κ1) is 17.0. The van der Waals surface area contributed by atoms with Crippen LogP contribution in [0.15, 0.2) is 30.3 Å². The van der Waals surface area contributed by atoms with Gasteiger partial charge in [-0.2, -0.15) is 0 Å². The van der Waals surface area contributed by atoms with E-state index in [0.29, 0.717) is 0 Å². The van der Waals surface area contributed by atoms with Crippen molar-refractivity contribution >= 4 is 34.5 Å². The van der Waals surface area contributed by atoms with Crippen LogP contribution in [-0.2, 0) is 9.53 Å². The summed E-state index contributed by atoms with van der Waals surface area (Å²) in [6.45, 7) is 8.80. The zero-order chi connectivity index (χ0) is 15.4. The third-order valence-electron chi connectivity index (χ3n) is 2.28. The van der Waals surface area contributed by atoms with Crippen molar-refractivity contribution in [2.75, 3.05) is 0 Å². The Bertz CT molecular complexity index is 478. The van der Waals surface area contributed by atoms with Gasteiger partial charge in [-0.25, -0.2) is 0 Å². The molecule has 0 bridgehead atoms. The van der Waals surface area contributed by atoms with Gasteiger partial charge in [0.1, 0.15) is 0 Å². The third-order valence-corrected chi connectivity index (χ3v) is 5.71. The van der Waals surface area contributed by atoms with E-state index in [1.54, 1.807) is 34.6 Å². The molecule has 0 aliphatic rings. The zero-order valence-electron chi connectivity index (χ0n) is 12.5. The Morgan fingerprint density at radius 1 is 1.05 bits per heavy atom. The SMILES string of the molecule is CC(C)(C)OC(=O)NC(C)(C)C(=O)[Te]c1ccccc1. The predicted octanol–water partition coefficient (Wildman–Crippen LogP) is 1.85. The Balaban J connectivity index is 2.64. The van der Waals surface area contributed by atoms with Gasteiger partial charge in [0, 0.05) is 0 Å². The molecule has 0 aliphatic heterocycles. The van der Waals surface area contributed by atoms with Crippen molar-refractivity contribution in [1.29, 1.82) is 0 Å². The van der Waals surface area contributed by atoms with E-state index in [-0.39, 0.29) is 3.83 Å². The van der Waals surface area contributed by atoms with E-state index in [9.17, 15) is 9.59 Å².